The Balaban J connectivity index is 1.60. The molecule has 0 fully saturated rings. The van der Waals surface area contributed by atoms with Gasteiger partial charge >= 0.3 is 0 Å². The molecule has 0 N–H and O–H groups in total. The number of tetrazole rings is 1. The van der Waals surface area contributed by atoms with Crippen LogP contribution in [-0.4, -0.2) is 30.0 Å². The fourth-order valence-corrected chi connectivity index (χ4v) is 3.06. The molecule has 0 bridgehead atoms. The molecular weight excluding hydrogens is 416 g/mol. The average Bonchev–Trinajstić information content (AvgIpc) is 3.24. The van der Waals surface area contributed by atoms with E-state index in [9.17, 15) is 0 Å². The van der Waals surface area contributed by atoms with Crippen LogP contribution in [0.4, 0.5) is 0 Å². The second-order valence-corrected chi connectivity index (χ2v) is 7.14. The molecule has 4 rings (SSSR count). The Kier molecular flexibility index (Phi) is 4.57. The Morgan fingerprint density at radius 1 is 1.04 bits per heavy atom. The molecule has 0 radical (unpaired) electrons. The largest absolute Gasteiger partial charge is 0.221 e. The third kappa shape index (κ3) is 3.40. The van der Waals surface area contributed by atoms with Crippen molar-refractivity contribution in [2.75, 3.05) is 0 Å². The fraction of sp³-hybridized carbons (Fsp3) is 0.111. The predicted octanol–water partition coefficient (Wildman–Crippen LogP) is 4.30. The minimum absolute atomic E-state index is 0.450. The van der Waals surface area contributed by atoms with E-state index < -0.39 is 0 Å². The van der Waals surface area contributed by atoms with Gasteiger partial charge in [0.1, 0.15) is 5.15 Å². The van der Waals surface area contributed by atoms with E-state index >= 15 is 0 Å². The first-order valence-corrected chi connectivity index (χ1v) is 9.10. The van der Waals surface area contributed by atoms with Gasteiger partial charge in [-0.2, -0.15) is 9.90 Å². The van der Waals surface area contributed by atoms with Crippen molar-refractivity contribution in [1.29, 1.82) is 0 Å². The van der Waals surface area contributed by atoms with Crippen molar-refractivity contribution in [2.45, 2.75) is 13.5 Å². The summed E-state index contributed by atoms with van der Waals surface area (Å²) in [4.78, 5) is 1.54. The highest BCUT2D eigenvalue weighted by Gasteiger charge is 2.16. The third-order valence-corrected chi connectivity index (χ3v) is 4.81. The number of benzene rings is 2. The highest BCUT2D eigenvalue weighted by Crippen LogP contribution is 2.27. The maximum atomic E-state index is 6.50. The SMILES string of the molecule is Cc1ccc(-n2ncc(-c3nnn(Cc4ccc(Br)cc4)n3)c2Cl)cc1. The number of hydrogen-bond acceptors (Lipinski definition) is 4. The van der Waals surface area contributed by atoms with Crippen LogP contribution in [-0.2, 0) is 6.54 Å². The van der Waals surface area contributed by atoms with Gasteiger partial charge in [-0.3, -0.25) is 0 Å². The van der Waals surface area contributed by atoms with E-state index in [2.05, 4.69) is 36.4 Å². The van der Waals surface area contributed by atoms with E-state index in [1.807, 2.05) is 55.5 Å². The standard InChI is InChI=1S/C18H14BrClN6/c1-12-2-8-15(9-3-12)26-17(20)16(10-21-26)18-22-24-25(23-18)11-13-4-6-14(19)7-5-13/h2-10H,11H2,1H3. The van der Waals surface area contributed by atoms with Crippen LogP contribution in [0.15, 0.2) is 59.2 Å². The summed E-state index contributed by atoms with van der Waals surface area (Å²) in [6.07, 6.45) is 1.66. The van der Waals surface area contributed by atoms with Crippen molar-refractivity contribution in [3.63, 3.8) is 0 Å². The van der Waals surface area contributed by atoms with E-state index in [1.165, 1.54) is 10.4 Å². The molecule has 0 spiro atoms. The monoisotopic (exact) mass is 428 g/mol. The molecule has 0 amide bonds. The summed E-state index contributed by atoms with van der Waals surface area (Å²) in [5.41, 5.74) is 3.79. The van der Waals surface area contributed by atoms with Crippen molar-refractivity contribution < 1.29 is 0 Å². The normalized spacial score (nSPS) is 11.0. The molecule has 0 saturated heterocycles. The van der Waals surface area contributed by atoms with Gasteiger partial charge in [-0.25, -0.2) is 4.68 Å². The summed E-state index contributed by atoms with van der Waals surface area (Å²) in [6, 6.07) is 15.9. The first kappa shape index (κ1) is 16.9. The fourth-order valence-electron chi connectivity index (χ4n) is 2.52. The summed E-state index contributed by atoms with van der Waals surface area (Å²) >= 11 is 9.92. The van der Waals surface area contributed by atoms with Gasteiger partial charge in [0.2, 0.25) is 5.82 Å². The topological polar surface area (TPSA) is 61.4 Å². The Hall–Kier alpha value is -2.51. The summed E-state index contributed by atoms with van der Waals surface area (Å²) in [7, 11) is 0. The van der Waals surface area contributed by atoms with Crippen LogP contribution in [0, 0.1) is 6.92 Å². The first-order valence-electron chi connectivity index (χ1n) is 7.93. The lowest BCUT2D eigenvalue weighted by Gasteiger charge is -2.03. The van der Waals surface area contributed by atoms with Crippen molar-refractivity contribution in [3.05, 3.63) is 75.5 Å². The lowest BCUT2D eigenvalue weighted by molar-refractivity contribution is 0.573. The molecule has 2 aromatic carbocycles. The number of rotatable bonds is 4. The molecule has 8 heteroatoms. The molecular formula is C18H14BrClN6. The van der Waals surface area contributed by atoms with E-state index in [1.54, 1.807) is 10.9 Å². The number of aromatic nitrogens is 6. The van der Waals surface area contributed by atoms with Crippen LogP contribution in [0.3, 0.4) is 0 Å². The zero-order chi connectivity index (χ0) is 18.1. The minimum atomic E-state index is 0.450. The van der Waals surface area contributed by atoms with Crippen molar-refractivity contribution in [2.24, 2.45) is 0 Å². The van der Waals surface area contributed by atoms with Gasteiger partial charge in [0.25, 0.3) is 0 Å². The summed E-state index contributed by atoms with van der Waals surface area (Å²) < 4.78 is 2.69. The van der Waals surface area contributed by atoms with Gasteiger partial charge in [-0.1, -0.05) is 57.4 Å². The van der Waals surface area contributed by atoms with Crippen molar-refractivity contribution >= 4 is 27.5 Å². The van der Waals surface area contributed by atoms with Crippen molar-refractivity contribution in [3.8, 4) is 17.1 Å². The summed E-state index contributed by atoms with van der Waals surface area (Å²) in [5, 5.41) is 17.5. The molecule has 26 heavy (non-hydrogen) atoms. The Labute approximate surface area is 163 Å². The van der Waals surface area contributed by atoms with Gasteiger partial charge < -0.3 is 0 Å². The number of nitrogens with zero attached hydrogens (tertiary/aromatic N) is 6. The molecule has 2 heterocycles. The highest BCUT2D eigenvalue weighted by molar-refractivity contribution is 9.10. The zero-order valence-corrected chi connectivity index (χ0v) is 16.2. The van der Waals surface area contributed by atoms with Gasteiger partial charge in [0.15, 0.2) is 0 Å². The molecule has 0 atom stereocenters. The Morgan fingerprint density at radius 2 is 1.77 bits per heavy atom. The Morgan fingerprint density at radius 3 is 2.50 bits per heavy atom. The lowest BCUT2D eigenvalue weighted by atomic mass is 10.2. The number of halogens is 2. The first-order chi connectivity index (χ1) is 12.6. The summed E-state index contributed by atoms with van der Waals surface area (Å²) in [6.45, 7) is 2.57. The number of hydrogen-bond donors (Lipinski definition) is 0. The molecule has 130 valence electrons. The molecule has 2 aromatic heterocycles. The second-order valence-electron chi connectivity index (χ2n) is 5.87. The van der Waals surface area contributed by atoms with Crippen molar-refractivity contribution in [1.82, 2.24) is 30.0 Å². The van der Waals surface area contributed by atoms with E-state index in [4.69, 9.17) is 11.6 Å². The van der Waals surface area contributed by atoms with E-state index in [0.29, 0.717) is 23.1 Å². The Bertz CT molecular complexity index is 1040. The number of aryl methyl sites for hydroxylation is 1. The molecule has 0 aliphatic heterocycles. The summed E-state index contributed by atoms with van der Waals surface area (Å²) in [5.74, 6) is 0.450. The van der Waals surface area contributed by atoms with Crippen LogP contribution in [0.5, 0.6) is 0 Å². The van der Waals surface area contributed by atoms with E-state index in [-0.39, 0.29) is 0 Å². The zero-order valence-electron chi connectivity index (χ0n) is 13.8. The molecule has 0 aliphatic rings. The van der Waals surface area contributed by atoms with Crippen LogP contribution < -0.4 is 0 Å². The molecule has 6 nitrogen and oxygen atoms in total. The predicted molar refractivity (Wildman–Crippen MR) is 103 cm³/mol. The lowest BCUT2D eigenvalue weighted by Crippen LogP contribution is -2.03. The third-order valence-electron chi connectivity index (χ3n) is 3.92. The van der Waals surface area contributed by atoms with Gasteiger partial charge in [-0.15, -0.1) is 10.2 Å². The quantitative estimate of drug-likeness (QED) is 0.485. The molecule has 4 aromatic rings. The van der Waals surface area contributed by atoms with Crippen LogP contribution in [0.25, 0.3) is 17.1 Å². The second kappa shape index (κ2) is 7.01. The maximum Gasteiger partial charge on any atom is 0.209 e. The minimum Gasteiger partial charge on any atom is -0.221 e. The molecule has 0 unspecified atom stereocenters. The van der Waals surface area contributed by atoms with Gasteiger partial charge in [0.05, 0.1) is 24.0 Å². The van der Waals surface area contributed by atoms with E-state index in [0.717, 1.165) is 15.7 Å². The van der Waals surface area contributed by atoms with Crippen LogP contribution in [0.1, 0.15) is 11.1 Å². The smallest absolute Gasteiger partial charge is 0.209 e. The molecule has 0 aliphatic carbocycles. The van der Waals surface area contributed by atoms with Gasteiger partial charge in [0, 0.05) is 4.47 Å². The highest BCUT2D eigenvalue weighted by atomic mass is 79.9. The van der Waals surface area contributed by atoms with Gasteiger partial charge in [-0.05, 0) is 42.0 Å². The van der Waals surface area contributed by atoms with Crippen LogP contribution in [0.2, 0.25) is 5.15 Å². The maximum absolute atomic E-state index is 6.50. The van der Waals surface area contributed by atoms with Crippen LogP contribution >= 0.6 is 27.5 Å². The average molecular weight is 430 g/mol. The molecule has 0 saturated carbocycles.